The Morgan fingerprint density at radius 2 is 1.53 bits per heavy atom. The molecule has 0 saturated carbocycles. The van der Waals surface area contributed by atoms with Crippen molar-refractivity contribution in [2.24, 2.45) is 5.41 Å². The standard InChI is InChI=1S/C14H30B/c1-6-8-10-12-14(4,11-9-7-2)13(3)15-5/h13H,6-12H2,1-5H3. The van der Waals surface area contributed by atoms with E-state index in [0.29, 0.717) is 5.41 Å². The van der Waals surface area contributed by atoms with Gasteiger partial charge in [0.1, 0.15) is 7.28 Å². The topological polar surface area (TPSA) is 0 Å². The van der Waals surface area contributed by atoms with E-state index in [1.807, 2.05) is 0 Å². The molecule has 0 N–H and O–H groups in total. The van der Waals surface area contributed by atoms with Crippen LogP contribution >= 0.6 is 0 Å². The molecule has 15 heavy (non-hydrogen) atoms. The molecular weight excluding hydrogens is 179 g/mol. The lowest BCUT2D eigenvalue weighted by atomic mass is 9.53. The van der Waals surface area contributed by atoms with Gasteiger partial charge in [0.2, 0.25) is 0 Å². The zero-order valence-corrected chi connectivity index (χ0v) is 11.6. The van der Waals surface area contributed by atoms with E-state index >= 15 is 0 Å². The van der Waals surface area contributed by atoms with Crippen LogP contribution in [0.5, 0.6) is 0 Å². The molecule has 0 aromatic rings. The van der Waals surface area contributed by atoms with Gasteiger partial charge in [0.15, 0.2) is 0 Å². The SMILES string of the molecule is C[B]C(C)C(C)(CCCC)CCCCC. The Morgan fingerprint density at radius 1 is 1.00 bits per heavy atom. The molecule has 2 atom stereocenters. The van der Waals surface area contributed by atoms with Crippen molar-refractivity contribution in [3.63, 3.8) is 0 Å². The molecule has 0 aliphatic carbocycles. The smallest absolute Gasteiger partial charge is 0.0917 e. The summed E-state index contributed by atoms with van der Waals surface area (Å²) in [5.41, 5.74) is 0.555. The van der Waals surface area contributed by atoms with Gasteiger partial charge in [-0.25, -0.2) is 0 Å². The first-order valence-electron chi connectivity index (χ1n) is 6.90. The molecular formula is C14H30B. The molecule has 0 aliphatic rings. The quantitative estimate of drug-likeness (QED) is 0.356. The maximum atomic E-state index is 2.49. The summed E-state index contributed by atoms with van der Waals surface area (Å²) < 4.78 is 0. The fourth-order valence-electron chi connectivity index (χ4n) is 2.34. The van der Waals surface area contributed by atoms with Crippen LogP contribution in [0.4, 0.5) is 0 Å². The summed E-state index contributed by atoms with van der Waals surface area (Å²) in [6, 6.07) is 0. The van der Waals surface area contributed by atoms with Crippen molar-refractivity contribution in [2.45, 2.75) is 85.3 Å². The summed E-state index contributed by atoms with van der Waals surface area (Å²) in [6.45, 7) is 11.7. The number of unbranched alkanes of at least 4 members (excludes halogenated alkanes) is 3. The zero-order chi connectivity index (χ0) is 11.7. The van der Waals surface area contributed by atoms with Gasteiger partial charge in [0, 0.05) is 0 Å². The summed E-state index contributed by atoms with van der Waals surface area (Å²) in [6.07, 6.45) is 9.69. The monoisotopic (exact) mass is 209 g/mol. The van der Waals surface area contributed by atoms with E-state index < -0.39 is 0 Å². The summed E-state index contributed by atoms with van der Waals surface area (Å²) in [7, 11) is 2.39. The van der Waals surface area contributed by atoms with E-state index in [2.05, 4.69) is 41.8 Å². The van der Waals surface area contributed by atoms with Gasteiger partial charge in [-0.1, -0.05) is 72.4 Å². The third-order valence-corrected chi connectivity index (χ3v) is 4.05. The Morgan fingerprint density at radius 3 is 2.00 bits per heavy atom. The van der Waals surface area contributed by atoms with E-state index in [-0.39, 0.29) is 0 Å². The second-order valence-corrected chi connectivity index (χ2v) is 5.34. The predicted octanol–water partition coefficient (Wildman–Crippen LogP) is 5.32. The van der Waals surface area contributed by atoms with E-state index in [9.17, 15) is 0 Å². The molecule has 89 valence electrons. The third kappa shape index (κ3) is 5.63. The average molecular weight is 209 g/mol. The van der Waals surface area contributed by atoms with Crippen molar-refractivity contribution in [3.8, 4) is 0 Å². The molecule has 2 unspecified atom stereocenters. The minimum atomic E-state index is 0.555. The van der Waals surface area contributed by atoms with Gasteiger partial charge >= 0.3 is 0 Å². The minimum absolute atomic E-state index is 0.555. The minimum Gasteiger partial charge on any atom is -0.0917 e. The van der Waals surface area contributed by atoms with E-state index in [1.165, 1.54) is 44.9 Å². The van der Waals surface area contributed by atoms with Gasteiger partial charge in [-0.2, -0.15) is 0 Å². The summed E-state index contributed by atoms with van der Waals surface area (Å²) in [5, 5.41) is 0. The molecule has 1 radical (unpaired) electrons. The highest BCUT2D eigenvalue weighted by atomic mass is 14.3. The highest BCUT2D eigenvalue weighted by Gasteiger charge is 2.28. The van der Waals surface area contributed by atoms with Gasteiger partial charge in [-0.05, 0) is 18.3 Å². The Balaban J connectivity index is 4.13. The fraction of sp³-hybridized carbons (Fsp3) is 1.00. The molecule has 0 bridgehead atoms. The average Bonchev–Trinajstić information content (AvgIpc) is 2.25. The molecule has 0 aliphatic heterocycles. The number of hydrogen-bond donors (Lipinski definition) is 0. The summed E-state index contributed by atoms with van der Waals surface area (Å²) >= 11 is 0. The van der Waals surface area contributed by atoms with Crippen LogP contribution in [0.3, 0.4) is 0 Å². The van der Waals surface area contributed by atoms with E-state index in [0.717, 1.165) is 5.82 Å². The van der Waals surface area contributed by atoms with Crippen molar-refractivity contribution in [1.82, 2.24) is 0 Å². The molecule has 0 spiro atoms. The zero-order valence-electron chi connectivity index (χ0n) is 11.6. The van der Waals surface area contributed by atoms with Gasteiger partial charge in [-0.3, -0.25) is 0 Å². The Bertz CT molecular complexity index is 144. The number of rotatable bonds is 9. The largest absolute Gasteiger partial charge is 0.110 e. The van der Waals surface area contributed by atoms with Gasteiger partial charge < -0.3 is 0 Å². The van der Waals surface area contributed by atoms with Crippen LogP contribution in [0.25, 0.3) is 0 Å². The maximum Gasteiger partial charge on any atom is 0.110 e. The Kier molecular flexibility index (Phi) is 8.28. The Labute approximate surface area is 98.5 Å². The van der Waals surface area contributed by atoms with Crippen LogP contribution in [-0.2, 0) is 0 Å². The molecule has 0 aromatic carbocycles. The fourth-order valence-corrected chi connectivity index (χ4v) is 2.34. The molecule has 0 aromatic heterocycles. The lowest BCUT2D eigenvalue weighted by molar-refractivity contribution is 0.243. The molecule has 0 fully saturated rings. The first-order chi connectivity index (χ1) is 7.10. The third-order valence-electron chi connectivity index (χ3n) is 4.05. The molecule has 0 amide bonds. The van der Waals surface area contributed by atoms with Crippen molar-refractivity contribution in [3.05, 3.63) is 0 Å². The maximum absolute atomic E-state index is 2.49. The Hall–Kier alpha value is 0.0649. The van der Waals surface area contributed by atoms with Crippen molar-refractivity contribution in [1.29, 1.82) is 0 Å². The first-order valence-corrected chi connectivity index (χ1v) is 6.90. The highest BCUT2D eigenvalue weighted by Crippen LogP contribution is 2.41. The van der Waals surface area contributed by atoms with Crippen LogP contribution in [0.1, 0.15) is 72.6 Å². The van der Waals surface area contributed by atoms with Gasteiger partial charge in [-0.15, -0.1) is 0 Å². The van der Waals surface area contributed by atoms with Gasteiger partial charge in [0.25, 0.3) is 0 Å². The van der Waals surface area contributed by atoms with Crippen LogP contribution in [0, 0.1) is 5.41 Å². The molecule has 0 nitrogen and oxygen atoms in total. The molecule has 1 heteroatoms. The second kappa shape index (κ2) is 8.24. The van der Waals surface area contributed by atoms with Crippen molar-refractivity contribution < 1.29 is 0 Å². The van der Waals surface area contributed by atoms with Gasteiger partial charge in [0.05, 0.1) is 0 Å². The normalized spacial score (nSPS) is 17.1. The second-order valence-electron chi connectivity index (χ2n) is 5.34. The van der Waals surface area contributed by atoms with Crippen molar-refractivity contribution in [2.75, 3.05) is 0 Å². The first kappa shape index (κ1) is 15.1. The van der Waals surface area contributed by atoms with E-state index in [4.69, 9.17) is 0 Å². The molecule has 0 rings (SSSR count). The predicted molar refractivity (Wildman–Crippen MR) is 72.8 cm³/mol. The summed E-state index contributed by atoms with van der Waals surface area (Å²) in [4.78, 5) is 0. The lowest BCUT2D eigenvalue weighted by Gasteiger charge is -2.36. The van der Waals surface area contributed by atoms with Crippen LogP contribution < -0.4 is 0 Å². The molecule has 0 heterocycles. The highest BCUT2D eigenvalue weighted by molar-refractivity contribution is 6.35. The molecule has 0 saturated heterocycles. The van der Waals surface area contributed by atoms with Crippen LogP contribution in [0.15, 0.2) is 0 Å². The van der Waals surface area contributed by atoms with E-state index in [1.54, 1.807) is 0 Å². The van der Waals surface area contributed by atoms with Crippen molar-refractivity contribution >= 4 is 7.28 Å². The van der Waals surface area contributed by atoms with Crippen LogP contribution in [0.2, 0.25) is 12.6 Å². The van der Waals surface area contributed by atoms with Crippen LogP contribution in [-0.4, -0.2) is 7.28 Å². The number of hydrogen-bond acceptors (Lipinski definition) is 0. The summed E-state index contributed by atoms with van der Waals surface area (Å²) in [5.74, 6) is 0.765. The lowest BCUT2D eigenvalue weighted by Crippen LogP contribution is -2.24.